The van der Waals surface area contributed by atoms with Crippen LogP contribution in [0.15, 0.2) is 18.2 Å². The molecule has 0 bridgehead atoms. The number of rotatable bonds is 5. The van der Waals surface area contributed by atoms with Crippen LogP contribution in [0.25, 0.3) is 0 Å². The van der Waals surface area contributed by atoms with E-state index >= 15 is 0 Å². The zero-order chi connectivity index (χ0) is 15.3. The van der Waals surface area contributed by atoms with Crippen LogP contribution >= 0.6 is 11.6 Å². The van der Waals surface area contributed by atoms with Gasteiger partial charge in [-0.2, -0.15) is 0 Å². The van der Waals surface area contributed by atoms with Crippen LogP contribution in [0, 0.1) is 0 Å². The summed E-state index contributed by atoms with van der Waals surface area (Å²) in [5.41, 5.74) is -0.0593. The average Bonchev–Trinajstić information content (AvgIpc) is 2.74. The molecule has 1 aromatic rings. The molecule has 0 atom stereocenters. The van der Waals surface area contributed by atoms with E-state index in [1.807, 2.05) is 6.92 Å². The molecule has 0 saturated heterocycles. The Morgan fingerprint density at radius 3 is 2.48 bits per heavy atom. The summed E-state index contributed by atoms with van der Waals surface area (Å²) in [4.78, 5) is 13.0. The minimum absolute atomic E-state index is 0.0567. The number of benzene rings is 1. The van der Waals surface area contributed by atoms with Crippen LogP contribution in [-0.2, 0) is 4.74 Å². The first-order chi connectivity index (χ1) is 10.1. The van der Waals surface area contributed by atoms with E-state index in [1.54, 1.807) is 25.3 Å². The van der Waals surface area contributed by atoms with Gasteiger partial charge in [-0.15, -0.1) is 0 Å². The van der Waals surface area contributed by atoms with Crippen molar-refractivity contribution in [2.45, 2.75) is 51.0 Å². The second-order valence-electron chi connectivity index (χ2n) is 5.52. The van der Waals surface area contributed by atoms with Gasteiger partial charge in [-0.25, -0.2) is 0 Å². The highest BCUT2D eigenvalue weighted by molar-refractivity contribution is 6.32. The molecule has 0 amide bonds. The maximum absolute atomic E-state index is 13.0. The number of carbonyl (C=O) groups excluding carboxylic acids is 1. The van der Waals surface area contributed by atoms with Gasteiger partial charge >= 0.3 is 0 Å². The predicted octanol–water partition coefficient (Wildman–Crippen LogP) is 4.66. The summed E-state index contributed by atoms with van der Waals surface area (Å²) in [5.74, 6) is 0.587. The summed E-state index contributed by atoms with van der Waals surface area (Å²) in [5, 5.41) is 0.514. The first-order valence-electron chi connectivity index (χ1n) is 7.65. The third-order valence-electron chi connectivity index (χ3n) is 4.16. The van der Waals surface area contributed by atoms with E-state index in [1.165, 1.54) is 12.8 Å². The van der Waals surface area contributed by atoms with Crippen molar-refractivity contribution in [1.82, 2.24) is 0 Å². The molecular formula is C17H23ClO3. The van der Waals surface area contributed by atoms with Gasteiger partial charge < -0.3 is 9.47 Å². The van der Waals surface area contributed by atoms with Crippen molar-refractivity contribution >= 4 is 17.4 Å². The molecule has 4 heteroatoms. The van der Waals surface area contributed by atoms with Gasteiger partial charge in [0.2, 0.25) is 0 Å². The van der Waals surface area contributed by atoms with Crippen molar-refractivity contribution in [3.05, 3.63) is 28.8 Å². The zero-order valence-electron chi connectivity index (χ0n) is 12.8. The molecule has 21 heavy (non-hydrogen) atoms. The van der Waals surface area contributed by atoms with E-state index in [0.717, 1.165) is 25.7 Å². The highest BCUT2D eigenvalue weighted by Crippen LogP contribution is 2.35. The van der Waals surface area contributed by atoms with E-state index < -0.39 is 5.60 Å². The Bertz CT molecular complexity index is 491. The van der Waals surface area contributed by atoms with Crippen molar-refractivity contribution in [2.75, 3.05) is 13.7 Å². The maximum Gasteiger partial charge on any atom is 0.194 e. The normalized spacial score (nSPS) is 18.0. The fourth-order valence-corrected chi connectivity index (χ4v) is 3.27. The van der Waals surface area contributed by atoms with Crippen LogP contribution in [0.5, 0.6) is 5.75 Å². The quantitative estimate of drug-likeness (QED) is 0.586. The first-order valence-corrected chi connectivity index (χ1v) is 8.03. The van der Waals surface area contributed by atoms with E-state index in [2.05, 4.69) is 0 Å². The van der Waals surface area contributed by atoms with Gasteiger partial charge in [-0.3, -0.25) is 4.79 Å². The van der Waals surface area contributed by atoms with E-state index in [0.29, 0.717) is 22.9 Å². The number of hydrogen-bond acceptors (Lipinski definition) is 3. The third-order valence-corrected chi connectivity index (χ3v) is 4.47. The van der Waals surface area contributed by atoms with Crippen LogP contribution in [0.3, 0.4) is 0 Å². The van der Waals surface area contributed by atoms with Crippen molar-refractivity contribution in [3.63, 3.8) is 0 Å². The van der Waals surface area contributed by atoms with Crippen LogP contribution in [0.1, 0.15) is 55.8 Å². The number of ether oxygens (including phenoxy) is 2. The average molecular weight is 311 g/mol. The van der Waals surface area contributed by atoms with E-state index in [-0.39, 0.29) is 5.78 Å². The Labute approximate surface area is 131 Å². The standard InChI is InChI=1S/C17H23ClO3/c1-3-21-17(10-6-4-5-7-11-17)16(19)13-8-9-14(18)15(12-13)20-2/h8-9,12H,3-7,10-11H2,1-2H3. The van der Waals surface area contributed by atoms with Crippen molar-refractivity contribution in [2.24, 2.45) is 0 Å². The highest BCUT2D eigenvalue weighted by Gasteiger charge is 2.39. The second-order valence-corrected chi connectivity index (χ2v) is 5.93. The Kier molecular flexibility index (Phi) is 5.65. The van der Waals surface area contributed by atoms with Crippen LogP contribution in [0.2, 0.25) is 5.02 Å². The summed E-state index contributed by atoms with van der Waals surface area (Å²) in [6.45, 7) is 2.50. The zero-order valence-corrected chi connectivity index (χ0v) is 13.5. The summed E-state index contributed by atoms with van der Waals surface area (Å²) in [7, 11) is 1.55. The van der Waals surface area contributed by atoms with Gasteiger partial charge in [0, 0.05) is 12.2 Å². The number of Topliss-reactive ketones (excluding diaryl/α,β-unsaturated/α-hetero) is 1. The molecule has 0 N–H and O–H groups in total. The van der Waals surface area contributed by atoms with Gasteiger partial charge in [-0.1, -0.05) is 37.3 Å². The first kappa shape index (κ1) is 16.3. The fourth-order valence-electron chi connectivity index (χ4n) is 3.08. The molecule has 0 aliphatic heterocycles. The molecule has 0 aromatic heterocycles. The Morgan fingerprint density at radius 1 is 1.24 bits per heavy atom. The maximum atomic E-state index is 13.0. The molecule has 1 aromatic carbocycles. The van der Waals surface area contributed by atoms with Crippen LogP contribution in [0.4, 0.5) is 0 Å². The van der Waals surface area contributed by atoms with Crippen LogP contribution in [-0.4, -0.2) is 25.1 Å². The number of ketones is 1. The van der Waals surface area contributed by atoms with Crippen molar-refractivity contribution in [3.8, 4) is 5.75 Å². The topological polar surface area (TPSA) is 35.5 Å². The van der Waals surface area contributed by atoms with Gasteiger partial charge in [0.05, 0.1) is 12.1 Å². The van der Waals surface area contributed by atoms with E-state index in [4.69, 9.17) is 21.1 Å². The molecular weight excluding hydrogens is 288 g/mol. The number of halogens is 1. The molecule has 1 saturated carbocycles. The second kappa shape index (κ2) is 7.28. The Balaban J connectivity index is 2.33. The van der Waals surface area contributed by atoms with Crippen molar-refractivity contribution in [1.29, 1.82) is 0 Å². The minimum atomic E-state index is -0.676. The molecule has 1 aliphatic rings. The molecule has 3 nitrogen and oxygen atoms in total. The summed E-state index contributed by atoms with van der Waals surface area (Å²) < 4.78 is 11.2. The van der Waals surface area contributed by atoms with Gasteiger partial charge in [0.25, 0.3) is 0 Å². The summed E-state index contributed by atoms with van der Waals surface area (Å²) >= 11 is 6.04. The molecule has 2 rings (SSSR count). The smallest absolute Gasteiger partial charge is 0.194 e. The van der Waals surface area contributed by atoms with Crippen molar-refractivity contribution < 1.29 is 14.3 Å². The van der Waals surface area contributed by atoms with Gasteiger partial charge in [0.15, 0.2) is 5.78 Å². The molecule has 0 heterocycles. The number of methoxy groups -OCH3 is 1. The van der Waals surface area contributed by atoms with Gasteiger partial charge in [0.1, 0.15) is 11.4 Å². The lowest BCUT2D eigenvalue weighted by Gasteiger charge is -2.31. The van der Waals surface area contributed by atoms with Crippen LogP contribution < -0.4 is 4.74 Å². The van der Waals surface area contributed by atoms with E-state index in [9.17, 15) is 4.79 Å². The fraction of sp³-hybridized carbons (Fsp3) is 0.588. The number of carbonyl (C=O) groups is 1. The lowest BCUT2D eigenvalue weighted by Crippen LogP contribution is -2.41. The molecule has 0 radical (unpaired) electrons. The molecule has 116 valence electrons. The molecule has 1 fully saturated rings. The lowest BCUT2D eigenvalue weighted by atomic mass is 9.85. The highest BCUT2D eigenvalue weighted by atomic mass is 35.5. The Morgan fingerprint density at radius 2 is 1.90 bits per heavy atom. The monoisotopic (exact) mass is 310 g/mol. The summed E-state index contributed by atoms with van der Waals surface area (Å²) in [6, 6.07) is 5.19. The molecule has 0 unspecified atom stereocenters. The predicted molar refractivity (Wildman–Crippen MR) is 84.4 cm³/mol. The summed E-state index contributed by atoms with van der Waals surface area (Å²) in [6.07, 6.45) is 6.01. The molecule has 1 aliphatic carbocycles. The largest absolute Gasteiger partial charge is 0.495 e. The number of hydrogen-bond donors (Lipinski definition) is 0. The lowest BCUT2D eigenvalue weighted by molar-refractivity contribution is -0.0292. The SMILES string of the molecule is CCOC1(C(=O)c2ccc(Cl)c(OC)c2)CCCCCC1. The third kappa shape index (κ3) is 3.58. The Hall–Kier alpha value is -1.06. The van der Waals surface area contributed by atoms with Gasteiger partial charge in [-0.05, 0) is 38.0 Å². The molecule has 0 spiro atoms. The minimum Gasteiger partial charge on any atom is -0.495 e.